The number of aromatic nitrogens is 1. The Morgan fingerprint density at radius 3 is 2.56 bits per heavy atom. The Morgan fingerprint density at radius 1 is 0.960 bits per heavy atom. The van der Waals surface area contributed by atoms with E-state index in [-0.39, 0.29) is 0 Å². The highest BCUT2D eigenvalue weighted by Gasteiger charge is 2.10. The number of rotatable bonds is 4. The summed E-state index contributed by atoms with van der Waals surface area (Å²) in [4.78, 5) is 0.910. The van der Waals surface area contributed by atoms with Crippen LogP contribution in [0.1, 0.15) is 37.9 Å². The van der Waals surface area contributed by atoms with Gasteiger partial charge in [0, 0.05) is 11.1 Å². The van der Waals surface area contributed by atoms with Crippen molar-refractivity contribution < 1.29 is 4.42 Å². The summed E-state index contributed by atoms with van der Waals surface area (Å²) in [6, 6.07) is 14.3. The topological polar surface area (TPSA) is 42.8 Å². The van der Waals surface area contributed by atoms with Crippen molar-refractivity contribution in [3.05, 3.63) is 64.7 Å². The van der Waals surface area contributed by atoms with Crippen LogP contribution in [0.25, 0.3) is 11.3 Å². The molecule has 128 valence electrons. The van der Waals surface area contributed by atoms with Crippen molar-refractivity contribution in [2.75, 3.05) is 0 Å². The Morgan fingerprint density at radius 2 is 1.80 bits per heavy atom. The average molecular weight is 351 g/mol. The highest BCUT2D eigenvalue weighted by atomic mass is 32.1. The maximum Gasteiger partial charge on any atom is 0.211 e. The molecule has 0 radical (unpaired) electrons. The van der Waals surface area contributed by atoms with Crippen molar-refractivity contribution in [2.24, 2.45) is 10.2 Å². The SMILES string of the molecule is c1ccc(-c2cs/c(=N\N=C3CCCCC3)n2Cc2ccco2)cc1. The Kier molecular flexibility index (Phi) is 4.93. The molecule has 0 aliphatic heterocycles. The number of nitrogens with zero attached hydrogens (tertiary/aromatic N) is 3. The summed E-state index contributed by atoms with van der Waals surface area (Å²) >= 11 is 1.63. The first-order chi connectivity index (χ1) is 12.4. The molecule has 0 bridgehead atoms. The second-order valence-corrected chi connectivity index (χ2v) is 7.10. The molecule has 2 heterocycles. The van der Waals surface area contributed by atoms with Gasteiger partial charge in [0.05, 0.1) is 18.5 Å². The minimum Gasteiger partial charge on any atom is -0.467 e. The third-order valence-corrected chi connectivity index (χ3v) is 5.32. The van der Waals surface area contributed by atoms with Crippen LogP contribution in [0.2, 0.25) is 0 Å². The van der Waals surface area contributed by atoms with Crippen LogP contribution < -0.4 is 4.80 Å². The predicted octanol–water partition coefficient (Wildman–Crippen LogP) is 5.08. The van der Waals surface area contributed by atoms with E-state index >= 15 is 0 Å². The predicted molar refractivity (Wildman–Crippen MR) is 102 cm³/mol. The summed E-state index contributed by atoms with van der Waals surface area (Å²) in [5.41, 5.74) is 3.55. The van der Waals surface area contributed by atoms with Crippen molar-refractivity contribution in [1.82, 2.24) is 4.57 Å². The minimum atomic E-state index is 0.657. The lowest BCUT2D eigenvalue weighted by Gasteiger charge is -2.10. The van der Waals surface area contributed by atoms with Gasteiger partial charge < -0.3 is 8.98 Å². The second kappa shape index (κ2) is 7.66. The van der Waals surface area contributed by atoms with Gasteiger partial charge in [0.2, 0.25) is 4.80 Å². The highest BCUT2D eigenvalue weighted by molar-refractivity contribution is 7.07. The van der Waals surface area contributed by atoms with Crippen LogP contribution in [0.5, 0.6) is 0 Å². The Hall–Kier alpha value is -2.40. The van der Waals surface area contributed by atoms with Gasteiger partial charge in [-0.3, -0.25) is 0 Å². The highest BCUT2D eigenvalue weighted by Crippen LogP contribution is 2.21. The Balaban J connectivity index is 1.74. The van der Waals surface area contributed by atoms with Crippen LogP contribution in [0.15, 0.2) is 68.7 Å². The van der Waals surface area contributed by atoms with Crippen LogP contribution in [-0.2, 0) is 6.54 Å². The monoisotopic (exact) mass is 351 g/mol. The maximum atomic E-state index is 5.55. The molecule has 0 saturated heterocycles. The van der Waals surface area contributed by atoms with Gasteiger partial charge in [0.15, 0.2) is 0 Å². The molecule has 1 aliphatic carbocycles. The summed E-state index contributed by atoms with van der Waals surface area (Å²) < 4.78 is 7.74. The van der Waals surface area contributed by atoms with Crippen LogP contribution >= 0.6 is 11.3 Å². The van der Waals surface area contributed by atoms with Crippen molar-refractivity contribution in [3.8, 4) is 11.3 Å². The van der Waals surface area contributed by atoms with Gasteiger partial charge in [-0.1, -0.05) is 36.8 Å². The molecule has 3 aromatic rings. The third kappa shape index (κ3) is 3.82. The molecular formula is C20H21N3OS. The van der Waals surface area contributed by atoms with Crippen LogP contribution in [0, 0.1) is 0 Å². The zero-order valence-electron chi connectivity index (χ0n) is 14.1. The van der Waals surface area contributed by atoms with E-state index < -0.39 is 0 Å². The molecule has 1 fully saturated rings. The van der Waals surface area contributed by atoms with Crippen molar-refractivity contribution in [3.63, 3.8) is 0 Å². The van der Waals surface area contributed by atoms with E-state index in [1.807, 2.05) is 18.2 Å². The van der Waals surface area contributed by atoms with E-state index in [2.05, 4.69) is 44.4 Å². The van der Waals surface area contributed by atoms with Crippen molar-refractivity contribution in [2.45, 2.75) is 38.6 Å². The van der Waals surface area contributed by atoms with Crippen molar-refractivity contribution >= 4 is 17.0 Å². The van der Waals surface area contributed by atoms with Gasteiger partial charge in [-0.15, -0.1) is 16.4 Å². The first-order valence-corrected chi connectivity index (χ1v) is 9.64. The van der Waals surface area contributed by atoms with E-state index in [0.29, 0.717) is 6.54 Å². The summed E-state index contributed by atoms with van der Waals surface area (Å²) in [5, 5.41) is 11.3. The molecule has 1 aromatic carbocycles. The molecule has 25 heavy (non-hydrogen) atoms. The number of hydrogen-bond donors (Lipinski definition) is 0. The maximum absolute atomic E-state index is 5.55. The fourth-order valence-electron chi connectivity index (χ4n) is 3.13. The molecule has 0 N–H and O–H groups in total. The zero-order chi connectivity index (χ0) is 16.9. The number of thiazole rings is 1. The van der Waals surface area contributed by atoms with Crippen molar-refractivity contribution in [1.29, 1.82) is 0 Å². The van der Waals surface area contributed by atoms with Gasteiger partial charge >= 0.3 is 0 Å². The van der Waals surface area contributed by atoms with E-state index in [0.717, 1.165) is 29.1 Å². The molecule has 0 atom stereocenters. The lowest BCUT2D eigenvalue weighted by Crippen LogP contribution is -2.16. The molecule has 1 aliphatic rings. The molecule has 4 nitrogen and oxygen atoms in total. The standard InChI is InChI=1S/C20H21N3OS/c1-3-8-16(9-4-1)19-15-25-20(22-21-17-10-5-2-6-11-17)23(19)14-18-12-7-13-24-18/h1,3-4,7-9,12-13,15H,2,5-6,10-11,14H2/b22-20-. The third-order valence-electron chi connectivity index (χ3n) is 4.47. The lowest BCUT2D eigenvalue weighted by atomic mass is 9.99. The van der Waals surface area contributed by atoms with E-state index in [9.17, 15) is 0 Å². The summed E-state index contributed by atoms with van der Waals surface area (Å²) in [5.74, 6) is 0.919. The Bertz CT molecular complexity index is 896. The molecule has 1 saturated carbocycles. The number of hydrogen-bond acceptors (Lipinski definition) is 4. The summed E-state index contributed by atoms with van der Waals surface area (Å²) in [6.45, 7) is 0.657. The van der Waals surface area contributed by atoms with Gasteiger partial charge in [0.1, 0.15) is 5.76 Å². The van der Waals surface area contributed by atoms with Gasteiger partial charge in [-0.25, -0.2) is 0 Å². The average Bonchev–Trinajstić information content (AvgIpc) is 3.32. The molecule has 0 spiro atoms. The fraction of sp³-hybridized carbons (Fsp3) is 0.300. The smallest absolute Gasteiger partial charge is 0.211 e. The molecule has 5 heteroatoms. The largest absolute Gasteiger partial charge is 0.467 e. The van der Waals surface area contributed by atoms with Gasteiger partial charge in [0.25, 0.3) is 0 Å². The first kappa shape index (κ1) is 16.1. The van der Waals surface area contributed by atoms with Crippen LogP contribution in [-0.4, -0.2) is 10.3 Å². The van der Waals surface area contributed by atoms with E-state index in [1.54, 1.807) is 17.6 Å². The molecule has 4 rings (SSSR count). The Labute approximate surface area is 151 Å². The quantitative estimate of drug-likeness (QED) is 0.605. The fourth-order valence-corrected chi connectivity index (χ4v) is 3.99. The van der Waals surface area contributed by atoms with E-state index in [1.165, 1.54) is 30.5 Å². The summed E-state index contributed by atoms with van der Waals surface area (Å²) in [6.07, 6.45) is 7.66. The normalized spacial score (nSPS) is 15.5. The second-order valence-electron chi connectivity index (χ2n) is 6.26. The molecule has 0 unspecified atom stereocenters. The van der Waals surface area contributed by atoms with Gasteiger partial charge in [-0.05, 0) is 43.4 Å². The summed E-state index contributed by atoms with van der Waals surface area (Å²) in [7, 11) is 0. The molecule has 0 amide bonds. The van der Waals surface area contributed by atoms with Crippen LogP contribution in [0.3, 0.4) is 0 Å². The van der Waals surface area contributed by atoms with E-state index in [4.69, 9.17) is 4.42 Å². The molecule has 2 aromatic heterocycles. The minimum absolute atomic E-state index is 0.657. The first-order valence-electron chi connectivity index (χ1n) is 8.76. The lowest BCUT2D eigenvalue weighted by molar-refractivity contribution is 0.491. The molecular weight excluding hydrogens is 330 g/mol. The zero-order valence-corrected chi connectivity index (χ0v) is 14.9. The van der Waals surface area contributed by atoms with Crippen LogP contribution in [0.4, 0.5) is 0 Å². The van der Waals surface area contributed by atoms with Gasteiger partial charge in [-0.2, -0.15) is 5.10 Å². The number of furan rings is 1. The number of benzene rings is 1.